The molecule has 0 bridgehead atoms. The van der Waals surface area contributed by atoms with Crippen LogP contribution in [0.2, 0.25) is 0 Å². The van der Waals surface area contributed by atoms with Gasteiger partial charge >= 0.3 is 0 Å². The molecule has 0 atom stereocenters. The summed E-state index contributed by atoms with van der Waals surface area (Å²) in [7, 11) is 4.99. The molecule has 0 N–H and O–H groups in total. The van der Waals surface area contributed by atoms with Gasteiger partial charge in [0.25, 0.3) is 0 Å². The number of nitrogens with zero attached hydrogens (tertiary/aromatic N) is 1. The number of para-hydroxylation sites is 1. The normalized spacial score (nSPS) is 10.7. The van der Waals surface area contributed by atoms with Crippen LogP contribution >= 0.6 is 15.9 Å². The average molecular weight is 390 g/mol. The SMILES string of the molecule is COc1ccc(Br)cc1C=CC(=O)N(C)Cc1ccccc1OC. The fourth-order valence-corrected chi connectivity index (χ4v) is 2.67. The van der Waals surface area contributed by atoms with Gasteiger partial charge in [0.1, 0.15) is 11.5 Å². The molecule has 0 saturated carbocycles. The lowest BCUT2D eigenvalue weighted by Gasteiger charge is -2.17. The summed E-state index contributed by atoms with van der Waals surface area (Å²) >= 11 is 3.42. The zero-order chi connectivity index (χ0) is 17.5. The maximum Gasteiger partial charge on any atom is 0.246 e. The fourth-order valence-electron chi connectivity index (χ4n) is 2.29. The van der Waals surface area contributed by atoms with Crippen molar-refractivity contribution in [2.75, 3.05) is 21.3 Å². The molecule has 0 fully saturated rings. The second-order valence-electron chi connectivity index (χ2n) is 5.23. The predicted molar refractivity (Wildman–Crippen MR) is 99.2 cm³/mol. The standard InChI is InChI=1S/C19H20BrNO3/c1-21(13-15-6-4-5-7-17(15)23-2)19(22)11-8-14-12-16(20)9-10-18(14)24-3/h4-12H,13H2,1-3H3. The highest BCUT2D eigenvalue weighted by Gasteiger charge is 2.10. The molecule has 126 valence electrons. The first-order valence-corrected chi connectivity index (χ1v) is 8.23. The highest BCUT2D eigenvalue weighted by Crippen LogP contribution is 2.24. The molecule has 2 aromatic carbocycles. The summed E-state index contributed by atoms with van der Waals surface area (Å²) in [6, 6.07) is 13.3. The van der Waals surface area contributed by atoms with Gasteiger partial charge < -0.3 is 14.4 Å². The first kappa shape index (κ1) is 18.1. The van der Waals surface area contributed by atoms with Crippen LogP contribution in [-0.2, 0) is 11.3 Å². The lowest BCUT2D eigenvalue weighted by molar-refractivity contribution is -0.125. The van der Waals surface area contributed by atoms with E-state index in [9.17, 15) is 4.79 Å². The van der Waals surface area contributed by atoms with Crippen molar-refractivity contribution in [2.45, 2.75) is 6.54 Å². The maximum atomic E-state index is 12.4. The third-order valence-electron chi connectivity index (χ3n) is 3.57. The molecule has 0 aliphatic heterocycles. The number of likely N-dealkylation sites (N-methyl/N-ethyl adjacent to an activating group) is 1. The molecule has 0 saturated heterocycles. The number of benzene rings is 2. The van der Waals surface area contributed by atoms with Gasteiger partial charge in [-0.25, -0.2) is 0 Å². The summed E-state index contributed by atoms with van der Waals surface area (Å²) < 4.78 is 11.6. The minimum Gasteiger partial charge on any atom is -0.496 e. The summed E-state index contributed by atoms with van der Waals surface area (Å²) in [5, 5.41) is 0. The lowest BCUT2D eigenvalue weighted by Crippen LogP contribution is -2.24. The lowest BCUT2D eigenvalue weighted by atomic mass is 10.1. The van der Waals surface area contributed by atoms with E-state index in [-0.39, 0.29) is 5.91 Å². The van der Waals surface area contributed by atoms with Gasteiger partial charge in [0.15, 0.2) is 0 Å². The van der Waals surface area contributed by atoms with E-state index in [1.807, 2.05) is 42.5 Å². The van der Waals surface area contributed by atoms with Crippen LogP contribution in [0.5, 0.6) is 11.5 Å². The summed E-state index contributed by atoms with van der Waals surface area (Å²) in [5.74, 6) is 1.40. The van der Waals surface area contributed by atoms with E-state index in [1.54, 1.807) is 38.3 Å². The molecular weight excluding hydrogens is 370 g/mol. The van der Waals surface area contributed by atoms with Gasteiger partial charge in [-0.15, -0.1) is 0 Å². The molecule has 0 aliphatic rings. The number of hydrogen-bond acceptors (Lipinski definition) is 3. The molecule has 0 aromatic heterocycles. The Kier molecular flexibility index (Phi) is 6.44. The highest BCUT2D eigenvalue weighted by atomic mass is 79.9. The van der Waals surface area contributed by atoms with Gasteiger partial charge in [0.05, 0.1) is 14.2 Å². The summed E-state index contributed by atoms with van der Waals surface area (Å²) in [6.45, 7) is 0.475. The molecule has 0 unspecified atom stereocenters. The second-order valence-corrected chi connectivity index (χ2v) is 6.14. The number of carbonyl (C=O) groups excluding carboxylic acids is 1. The predicted octanol–water partition coefficient (Wildman–Crippen LogP) is 4.14. The van der Waals surface area contributed by atoms with Crippen molar-refractivity contribution >= 4 is 27.9 Å². The number of ether oxygens (including phenoxy) is 2. The summed E-state index contributed by atoms with van der Waals surface area (Å²) in [5.41, 5.74) is 1.80. The first-order valence-electron chi connectivity index (χ1n) is 7.43. The summed E-state index contributed by atoms with van der Waals surface area (Å²) in [4.78, 5) is 14.0. The molecule has 2 rings (SSSR count). The molecule has 5 heteroatoms. The number of hydrogen-bond donors (Lipinski definition) is 0. The molecule has 2 aromatic rings. The van der Waals surface area contributed by atoms with Crippen molar-refractivity contribution in [1.82, 2.24) is 4.90 Å². The zero-order valence-corrected chi connectivity index (χ0v) is 15.5. The Bertz CT molecular complexity index is 743. The van der Waals surface area contributed by atoms with E-state index < -0.39 is 0 Å². The minimum atomic E-state index is -0.0945. The van der Waals surface area contributed by atoms with Crippen LogP contribution in [0.1, 0.15) is 11.1 Å². The Hall–Kier alpha value is -2.27. The van der Waals surface area contributed by atoms with Crippen LogP contribution in [0.25, 0.3) is 6.08 Å². The van der Waals surface area contributed by atoms with E-state index in [1.165, 1.54) is 0 Å². The molecule has 24 heavy (non-hydrogen) atoms. The van der Waals surface area contributed by atoms with Crippen molar-refractivity contribution in [3.05, 3.63) is 64.1 Å². The van der Waals surface area contributed by atoms with Gasteiger partial charge in [0, 0.05) is 35.3 Å². The highest BCUT2D eigenvalue weighted by molar-refractivity contribution is 9.10. The monoisotopic (exact) mass is 389 g/mol. The Balaban J connectivity index is 2.10. The zero-order valence-electron chi connectivity index (χ0n) is 14.0. The van der Waals surface area contributed by atoms with Gasteiger partial charge in [-0.05, 0) is 30.3 Å². The molecule has 4 nitrogen and oxygen atoms in total. The Morgan fingerprint density at radius 2 is 1.83 bits per heavy atom. The number of rotatable bonds is 6. The molecule has 0 spiro atoms. The summed E-state index contributed by atoms with van der Waals surface area (Å²) in [6.07, 6.45) is 3.30. The van der Waals surface area contributed by atoms with Gasteiger partial charge in [-0.2, -0.15) is 0 Å². The second kappa shape index (κ2) is 8.55. The number of methoxy groups -OCH3 is 2. The number of amides is 1. The quantitative estimate of drug-likeness (QED) is 0.696. The number of carbonyl (C=O) groups is 1. The largest absolute Gasteiger partial charge is 0.496 e. The molecule has 0 radical (unpaired) electrons. The third-order valence-corrected chi connectivity index (χ3v) is 4.07. The van der Waals surface area contributed by atoms with Crippen LogP contribution < -0.4 is 9.47 Å². The average Bonchev–Trinajstić information content (AvgIpc) is 2.60. The van der Waals surface area contributed by atoms with Crippen LogP contribution in [-0.4, -0.2) is 32.1 Å². The topological polar surface area (TPSA) is 38.8 Å². The third kappa shape index (κ3) is 4.61. The van der Waals surface area contributed by atoms with E-state index in [0.29, 0.717) is 6.54 Å². The minimum absolute atomic E-state index is 0.0945. The van der Waals surface area contributed by atoms with Gasteiger partial charge in [0.2, 0.25) is 5.91 Å². The van der Waals surface area contributed by atoms with Gasteiger partial charge in [-0.3, -0.25) is 4.79 Å². The smallest absolute Gasteiger partial charge is 0.246 e. The Morgan fingerprint density at radius 3 is 2.54 bits per heavy atom. The van der Waals surface area contributed by atoms with Gasteiger partial charge in [-0.1, -0.05) is 34.1 Å². The maximum absolute atomic E-state index is 12.4. The van der Waals surface area contributed by atoms with E-state index in [2.05, 4.69) is 15.9 Å². The molecule has 0 heterocycles. The van der Waals surface area contributed by atoms with Crippen LogP contribution in [0.4, 0.5) is 0 Å². The fraction of sp³-hybridized carbons (Fsp3) is 0.211. The van der Waals surface area contributed by atoms with Crippen molar-refractivity contribution in [3.63, 3.8) is 0 Å². The van der Waals surface area contributed by atoms with Crippen LogP contribution in [0.3, 0.4) is 0 Å². The first-order chi connectivity index (χ1) is 11.5. The number of halogens is 1. The van der Waals surface area contributed by atoms with Crippen LogP contribution in [0.15, 0.2) is 53.0 Å². The van der Waals surface area contributed by atoms with E-state index >= 15 is 0 Å². The molecular formula is C19H20BrNO3. The van der Waals surface area contributed by atoms with Crippen molar-refractivity contribution in [1.29, 1.82) is 0 Å². The van der Waals surface area contributed by atoms with E-state index in [4.69, 9.17) is 9.47 Å². The molecule has 1 amide bonds. The Morgan fingerprint density at radius 1 is 1.12 bits per heavy atom. The van der Waals surface area contributed by atoms with Crippen molar-refractivity contribution < 1.29 is 14.3 Å². The van der Waals surface area contributed by atoms with Crippen LogP contribution in [0, 0.1) is 0 Å². The molecule has 0 aliphatic carbocycles. The van der Waals surface area contributed by atoms with Crippen molar-refractivity contribution in [2.24, 2.45) is 0 Å². The Labute approximate surface area is 150 Å². The van der Waals surface area contributed by atoms with E-state index in [0.717, 1.165) is 27.1 Å². The van der Waals surface area contributed by atoms with Crippen molar-refractivity contribution in [3.8, 4) is 11.5 Å².